The summed E-state index contributed by atoms with van der Waals surface area (Å²) in [6, 6.07) is 3.37. The predicted octanol–water partition coefficient (Wildman–Crippen LogP) is 3.27. The molecular formula is C14H22N4O2. The Labute approximate surface area is 119 Å². The first-order chi connectivity index (χ1) is 9.51. The first-order valence-corrected chi connectivity index (χ1v) is 7.11. The van der Waals surface area contributed by atoms with Crippen LogP contribution in [0.15, 0.2) is 12.1 Å². The van der Waals surface area contributed by atoms with Gasteiger partial charge in [-0.3, -0.25) is 10.1 Å². The highest BCUT2D eigenvalue weighted by atomic mass is 16.6. The fourth-order valence-electron chi connectivity index (χ4n) is 2.90. The number of nitro groups is 1. The molecule has 3 unspecified atom stereocenters. The maximum Gasteiger partial charge on any atom is 0.311 e. The van der Waals surface area contributed by atoms with Gasteiger partial charge >= 0.3 is 5.69 Å². The maximum absolute atomic E-state index is 11.1. The summed E-state index contributed by atoms with van der Waals surface area (Å²) in [5.74, 6) is 2.23. The zero-order chi connectivity index (χ0) is 14.7. The van der Waals surface area contributed by atoms with Gasteiger partial charge in [-0.05, 0) is 37.2 Å². The van der Waals surface area contributed by atoms with Crippen LogP contribution in [0.25, 0.3) is 0 Å². The summed E-state index contributed by atoms with van der Waals surface area (Å²) in [4.78, 5) is 15.0. The van der Waals surface area contributed by atoms with Gasteiger partial charge in [-0.15, -0.1) is 0 Å². The molecule has 1 aromatic heterocycles. The van der Waals surface area contributed by atoms with Gasteiger partial charge in [0.25, 0.3) is 0 Å². The van der Waals surface area contributed by atoms with Gasteiger partial charge in [0.05, 0.1) is 4.92 Å². The summed E-state index contributed by atoms with van der Waals surface area (Å²) in [5, 5.41) is 17.3. The van der Waals surface area contributed by atoms with Crippen LogP contribution in [0.4, 0.5) is 17.3 Å². The number of hydrogen-bond donors (Lipinski definition) is 2. The molecule has 0 aromatic carbocycles. The van der Waals surface area contributed by atoms with Crippen molar-refractivity contribution < 1.29 is 4.92 Å². The quantitative estimate of drug-likeness (QED) is 0.652. The molecule has 2 rings (SSSR count). The van der Waals surface area contributed by atoms with Crippen molar-refractivity contribution in [2.75, 3.05) is 17.7 Å². The molecule has 1 aliphatic rings. The molecule has 0 radical (unpaired) electrons. The lowest BCUT2D eigenvalue weighted by atomic mass is 9.80. The smallest absolute Gasteiger partial charge is 0.311 e. The van der Waals surface area contributed by atoms with Gasteiger partial charge in [0.15, 0.2) is 0 Å². The SMILES string of the molecule is CNc1ccc([N+](=O)[O-])c(NC2CCC(C)CC2C)n1. The number of rotatable bonds is 4. The second-order valence-electron chi connectivity index (χ2n) is 5.72. The molecule has 0 amide bonds. The van der Waals surface area contributed by atoms with E-state index in [-0.39, 0.29) is 16.7 Å². The Morgan fingerprint density at radius 3 is 2.70 bits per heavy atom. The monoisotopic (exact) mass is 278 g/mol. The number of aromatic nitrogens is 1. The van der Waals surface area contributed by atoms with Crippen molar-refractivity contribution in [3.63, 3.8) is 0 Å². The van der Waals surface area contributed by atoms with Crippen LogP contribution in [-0.4, -0.2) is 23.0 Å². The molecule has 20 heavy (non-hydrogen) atoms. The molecule has 1 aromatic rings. The van der Waals surface area contributed by atoms with E-state index in [9.17, 15) is 10.1 Å². The van der Waals surface area contributed by atoms with E-state index >= 15 is 0 Å². The topological polar surface area (TPSA) is 80.1 Å². The first kappa shape index (κ1) is 14.6. The Bertz CT molecular complexity index is 492. The van der Waals surface area contributed by atoms with Crippen LogP contribution >= 0.6 is 0 Å². The normalized spacial score (nSPS) is 26.1. The van der Waals surface area contributed by atoms with Gasteiger partial charge in [-0.1, -0.05) is 13.8 Å². The summed E-state index contributed by atoms with van der Waals surface area (Å²) < 4.78 is 0. The third-order valence-corrected chi connectivity index (χ3v) is 4.08. The van der Waals surface area contributed by atoms with Crippen LogP contribution in [0.3, 0.4) is 0 Å². The van der Waals surface area contributed by atoms with E-state index in [1.807, 2.05) is 0 Å². The molecule has 0 spiro atoms. The molecule has 1 heterocycles. The van der Waals surface area contributed by atoms with E-state index in [0.717, 1.165) is 25.2 Å². The molecule has 3 atom stereocenters. The second-order valence-corrected chi connectivity index (χ2v) is 5.72. The summed E-state index contributed by atoms with van der Waals surface area (Å²) in [6.45, 7) is 4.45. The van der Waals surface area contributed by atoms with Crippen molar-refractivity contribution in [3.8, 4) is 0 Å². The molecule has 0 bridgehead atoms. The molecular weight excluding hydrogens is 256 g/mol. The number of nitrogens with zero attached hydrogens (tertiary/aromatic N) is 2. The van der Waals surface area contributed by atoms with E-state index < -0.39 is 0 Å². The van der Waals surface area contributed by atoms with Gasteiger partial charge in [-0.2, -0.15) is 0 Å². The van der Waals surface area contributed by atoms with E-state index in [1.54, 1.807) is 13.1 Å². The van der Waals surface area contributed by atoms with Crippen LogP contribution < -0.4 is 10.6 Å². The molecule has 0 aliphatic heterocycles. The average Bonchev–Trinajstić information content (AvgIpc) is 2.41. The van der Waals surface area contributed by atoms with Gasteiger partial charge < -0.3 is 10.6 Å². The summed E-state index contributed by atoms with van der Waals surface area (Å²) in [5.41, 5.74) is 0.0369. The maximum atomic E-state index is 11.1. The predicted molar refractivity (Wildman–Crippen MR) is 80.0 cm³/mol. The highest BCUT2D eigenvalue weighted by Gasteiger charge is 2.27. The van der Waals surface area contributed by atoms with Crippen molar-refractivity contribution >= 4 is 17.3 Å². The minimum absolute atomic E-state index is 0.0369. The van der Waals surface area contributed by atoms with Crippen LogP contribution in [0.2, 0.25) is 0 Å². The molecule has 2 N–H and O–H groups in total. The fourth-order valence-corrected chi connectivity index (χ4v) is 2.90. The van der Waals surface area contributed by atoms with E-state index in [4.69, 9.17) is 0 Å². The Morgan fingerprint density at radius 1 is 1.35 bits per heavy atom. The zero-order valence-corrected chi connectivity index (χ0v) is 12.2. The Kier molecular flexibility index (Phi) is 4.42. The van der Waals surface area contributed by atoms with Gasteiger partial charge in [0.1, 0.15) is 5.82 Å². The third-order valence-electron chi connectivity index (χ3n) is 4.08. The number of hydrogen-bond acceptors (Lipinski definition) is 5. The van der Waals surface area contributed by atoms with E-state index in [1.165, 1.54) is 6.07 Å². The third kappa shape index (κ3) is 3.18. The van der Waals surface area contributed by atoms with Gasteiger partial charge in [0.2, 0.25) is 5.82 Å². The van der Waals surface area contributed by atoms with Crippen molar-refractivity contribution in [1.82, 2.24) is 4.98 Å². The molecule has 6 nitrogen and oxygen atoms in total. The lowest BCUT2D eigenvalue weighted by Gasteiger charge is -2.33. The molecule has 6 heteroatoms. The van der Waals surface area contributed by atoms with Crippen LogP contribution in [0, 0.1) is 22.0 Å². The molecule has 0 saturated heterocycles. The first-order valence-electron chi connectivity index (χ1n) is 7.11. The van der Waals surface area contributed by atoms with Crippen molar-refractivity contribution in [1.29, 1.82) is 0 Å². The van der Waals surface area contributed by atoms with Crippen molar-refractivity contribution in [2.24, 2.45) is 11.8 Å². The van der Waals surface area contributed by atoms with Crippen LogP contribution in [0.1, 0.15) is 33.1 Å². The van der Waals surface area contributed by atoms with Crippen molar-refractivity contribution in [2.45, 2.75) is 39.2 Å². The standard InChI is InChI=1S/C14H22N4O2/c1-9-4-5-11(10(2)8-9)16-14-12(18(19)20)6-7-13(15-3)17-14/h6-7,9-11H,4-5,8H2,1-3H3,(H2,15,16,17). The summed E-state index contributed by atoms with van der Waals surface area (Å²) >= 11 is 0. The zero-order valence-electron chi connectivity index (χ0n) is 12.2. The molecule has 110 valence electrons. The number of anilines is 2. The number of nitrogens with one attached hydrogen (secondary N) is 2. The Hall–Kier alpha value is -1.85. The Morgan fingerprint density at radius 2 is 2.10 bits per heavy atom. The van der Waals surface area contributed by atoms with Gasteiger partial charge in [-0.25, -0.2) is 4.98 Å². The lowest BCUT2D eigenvalue weighted by Crippen LogP contribution is -2.33. The van der Waals surface area contributed by atoms with Gasteiger partial charge in [0, 0.05) is 19.2 Å². The Balaban J connectivity index is 2.20. The average molecular weight is 278 g/mol. The molecule has 1 aliphatic carbocycles. The lowest BCUT2D eigenvalue weighted by molar-refractivity contribution is -0.384. The largest absolute Gasteiger partial charge is 0.373 e. The highest BCUT2D eigenvalue weighted by molar-refractivity contribution is 5.60. The van der Waals surface area contributed by atoms with Crippen LogP contribution in [0.5, 0.6) is 0 Å². The molecule has 1 fully saturated rings. The van der Waals surface area contributed by atoms with E-state index in [0.29, 0.717) is 17.6 Å². The fraction of sp³-hybridized carbons (Fsp3) is 0.643. The minimum atomic E-state index is -0.384. The van der Waals surface area contributed by atoms with E-state index in [2.05, 4.69) is 29.5 Å². The minimum Gasteiger partial charge on any atom is -0.373 e. The van der Waals surface area contributed by atoms with Crippen molar-refractivity contribution in [3.05, 3.63) is 22.2 Å². The second kappa shape index (κ2) is 6.07. The number of pyridine rings is 1. The highest BCUT2D eigenvalue weighted by Crippen LogP contribution is 2.33. The molecule has 1 saturated carbocycles. The summed E-state index contributed by atoms with van der Waals surface area (Å²) in [6.07, 6.45) is 3.34. The summed E-state index contributed by atoms with van der Waals surface area (Å²) in [7, 11) is 1.75. The van der Waals surface area contributed by atoms with Crippen LogP contribution in [-0.2, 0) is 0 Å².